The van der Waals surface area contributed by atoms with Crippen molar-refractivity contribution in [3.05, 3.63) is 21.3 Å². The van der Waals surface area contributed by atoms with Crippen LogP contribution < -0.4 is 11.1 Å². The summed E-state index contributed by atoms with van der Waals surface area (Å²) >= 11 is 7.22. The van der Waals surface area contributed by atoms with Crippen molar-refractivity contribution in [1.82, 2.24) is 5.32 Å². The van der Waals surface area contributed by atoms with Crippen LogP contribution in [0.4, 0.5) is 0 Å². The molecule has 1 aromatic rings. The molecule has 0 saturated heterocycles. The number of carbonyl (C=O) groups excluding carboxylic acids is 1. The van der Waals surface area contributed by atoms with Gasteiger partial charge in [0.1, 0.15) is 0 Å². The summed E-state index contributed by atoms with van der Waals surface area (Å²) in [6.45, 7) is 0.955. The fourth-order valence-electron chi connectivity index (χ4n) is 1.13. The van der Waals surface area contributed by atoms with Crippen LogP contribution in [-0.4, -0.2) is 25.7 Å². The third-order valence-electron chi connectivity index (χ3n) is 2.04. The Morgan fingerprint density at radius 1 is 1.69 bits per heavy atom. The molecule has 0 aromatic carbocycles. The number of carbonyl (C=O) groups is 1. The number of methoxy groups -OCH3 is 1. The molecule has 1 aromatic heterocycles. The highest BCUT2D eigenvalue weighted by atomic mass is 35.5. The molecular formula is C10H15ClN2O2S. The number of nitrogens with one attached hydrogen (secondary N) is 1. The molecule has 1 heterocycles. The van der Waals surface area contributed by atoms with Gasteiger partial charge in [0.15, 0.2) is 0 Å². The molecule has 0 radical (unpaired) electrons. The summed E-state index contributed by atoms with van der Waals surface area (Å²) in [7, 11) is 1.58. The molecule has 0 bridgehead atoms. The maximum atomic E-state index is 11.5. The second-order valence-electron chi connectivity index (χ2n) is 3.31. The van der Waals surface area contributed by atoms with Gasteiger partial charge in [-0.05, 0) is 18.6 Å². The van der Waals surface area contributed by atoms with Crippen LogP contribution in [0, 0.1) is 0 Å². The van der Waals surface area contributed by atoms with Crippen LogP contribution in [0.25, 0.3) is 0 Å². The number of nitrogens with two attached hydrogens (primary N) is 1. The predicted octanol–water partition coefficient (Wildman–Crippen LogP) is 1.38. The van der Waals surface area contributed by atoms with Crippen molar-refractivity contribution in [2.75, 3.05) is 13.7 Å². The second-order valence-corrected chi connectivity index (χ2v) is 5.11. The van der Waals surface area contributed by atoms with Gasteiger partial charge in [-0.25, -0.2) is 0 Å². The van der Waals surface area contributed by atoms with E-state index in [4.69, 9.17) is 22.1 Å². The first-order chi connectivity index (χ1) is 7.63. The van der Waals surface area contributed by atoms with Gasteiger partial charge in [-0.15, -0.1) is 11.3 Å². The van der Waals surface area contributed by atoms with Gasteiger partial charge < -0.3 is 15.8 Å². The lowest BCUT2D eigenvalue weighted by Crippen LogP contribution is -2.40. The second kappa shape index (κ2) is 6.85. The van der Waals surface area contributed by atoms with E-state index >= 15 is 0 Å². The van der Waals surface area contributed by atoms with Gasteiger partial charge >= 0.3 is 0 Å². The van der Waals surface area contributed by atoms with E-state index in [2.05, 4.69) is 5.32 Å². The van der Waals surface area contributed by atoms with Crippen molar-refractivity contribution in [3.63, 3.8) is 0 Å². The molecule has 6 heteroatoms. The number of amides is 1. The molecule has 0 fully saturated rings. The number of ether oxygens (including phenoxy) is 1. The molecular weight excluding hydrogens is 248 g/mol. The molecule has 1 amide bonds. The number of rotatable bonds is 6. The Kier molecular flexibility index (Phi) is 5.76. The van der Waals surface area contributed by atoms with Crippen LogP contribution >= 0.6 is 22.9 Å². The molecule has 1 atom stereocenters. The van der Waals surface area contributed by atoms with Gasteiger partial charge in [0, 0.05) is 18.6 Å². The quantitative estimate of drug-likeness (QED) is 0.814. The van der Waals surface area contributed by atoms with Crippen molar-refractivity contribution < 1.29 is 9.53 Å². The van der Waals surface area contributed by atoms with E-state index in [0.29, 0.717) is 23.9 Å². The number of thiophene rings is 1. The Balaban J connectivity index is 2.29. The third-order valence-corrected chi connectivity index (χ3v) is 3.27. The minimum atomic E-state index is -0.518. The lowest BCUT2D eigenvalue weighted by Gasteiger charge is -2.10. The smallest absolute Gasteiger partial charge is 0.237 e. The molecule has 1 unspecified atom stereocenters. The Labute approximate surface area is 104 Å². The first kappa shape index (κ1) is 13.4. The molecule has 0 saturated carbocycles. The summed E-state index contributed by atoms with van der Waals surface area (Å²) in [4.78, 5) is 12.5. The Morgan fingerprint density at radius 3 is 3.00 bits per heavy atom. The molecule has 90 valence electrons. The standard InChI is InChI=1S/C10H15ClN2O2S/c1-15-5-4-8(12)10(14)13-6-7-2-3-9(11)16-7/h2-3,8H,4-6,12H2,1H3,(H,13,14). The van der Waals surface area contributed by atoms with Crippen molar-refractivity contribution in [2.45, 2.75) is 19.0 Å². The van der Waals surface area contributed by atoms with Gasteiger partial charge in [-0.1, -0.05) is 11.6 Å². The molecule has 0 spiro atoms. The van der Waals surface area contributed by atoms with E-state index in [0.717, 1.165) is 4.88 Å². The highest BCUT2D eigenvalue weighted by Gasteiger charge is 2.12. The van der Waals surface area contributed by atoms with E-state index in [1.165, 1.54) is 11.3 Å². The Hall–Kier alpha value is -0.620. The van der Waals surface area contributed by atoms with Crippen LogP contribution in [-0.2, 0) is 16.1 Å². The first-order valence-corrected chi connectivity index (χ1v) is 6.09. The van der Waals surface area contributed by atoms with E-state index in [-0.39, 0.29) is 5.91 Å². The fourth-order valence-corrected chi connectivity index (χ4v) is 2.16. The highest BCUT2D eigenvalue weighted by molar-refractivity contribution is 7.16. The maximum absolute atomic E-state index is 11.5. The largest absolute Gasteiger partial charge is 0.385 e. The van der Waals surface area contributed by atoms with E-state index in [1.807, 2.05) is 6.07 Å². The highest BCUT2D eigenvalue weighted by Crippen LogP contribution is 2.20. The average Bonchev–Trinajstić information content (AvgIpc) is 2.68. The van der Waals surface area contributed by atoms with Crippen LogP contribution in [0.1, 0.15) is 11.3 Å². The van der Waals surface area contributed by atoms with Crippen LogP contribution in [0.15, 0.2) is 12.1 Å². The minimum absolute atomic E-state index is 0.165. The third kappa shape index (κ3) is 4.49. The molecule has 0 aliphatic rings. The van der Waals surface area contributed by atoms with Gasteiger partial charge in [-0.3, -0.25) is 4.79 Å². The van der Waals surface area contributed by atoms with E-state index < -0.39 is 6.04 Å². The van der Waals surface area contributed by atoms with E-state index in [9.17, 15) is 4.79 Å². The zero-order valence-electron chi connectivity index (χ0n) is 9.03. The van der Waals surface area contributed by atoms with Crippen LogP contribution in [0.3, 0.4) is 0 Å². The Bertz CT molecular complexity index is 343. The summed E-state index contributed by atoms with van der Waals surface area (Å²) in [5, 5.41) is 2.75. The Morgan fingerprint density at radius 2 is 2.44 bits per heavy atom. The van der Waals surface area contributed by atoms with Crippen molar-refractivity contribution in [1.29, 1.82) is 0 Å². The lowest BCUT2D eigenvalue weighted by atomic mass is 10.2. The van der Waals surface area contributed by atoms with Gasteiger partial charge in [0.25, 0.3) is 0 Å². The predicted molar refractivity (Wildman–Crippen MR) is 65.6 cm³/mol. The van der Waals surface area contributed by atoms with Gasteiger partial charge in [-0.2, -0.15) is 0 Å². The van der Waals surface area contributed by atoms with Gasteiger partial charge in [0.05, 0.1) is 16.9 Å². The lowest BCUT2D eigenvalue weighted by molar-refractivity contribution is -0.122. The minimum Gasteiger partial charge on any atom is -0.385 e. The summed E-state index contributed by atoms with van der Waals surface area (Å²) in [5.74, 6) is -0.165. The summed E-state index contributed by atoms with van der Waals surface area (Å²) in [6, 6.07) is 3.17. The summed E-state index contributed by atoms with van der Waals surface area (Å²) in [6.07, 6.45) is 0.521. The average molecular weight is 263 g/mol. The molecule has 1 rings (SSSR count). The SMILES string of the molecule is COCCC(N)C(=O)NCc1ccc(Cl)s1. The molecule has 3 N–H and O–H groups in total. The number of halogens is 1. The topological polar surface area (TPSA) is 64.3 Å². The van der Waals surface area contributed by atoms with Crippen molar-refractivity contribution in [3.8, 4) is 0 Å². The van der Waals surface area contributed by atoms with Crippen molar-refractivity contribution >= 4 is 28.8 Å². The number of hydrogen-bond acceptors (Lipinski definition) is 4. The molecule has 16 heavy (non-hydrogen) atoms. The monoisotopic (exact) mass is 262 g/mol. The fraction of sp³-hybridized carbons (Fsp3) is 0.500. The molecule has 0 aliphatic carbocycles. The number of hydrogen-bond donors (Lipinski definition) is 2. The first-order valence-electron chi connectivity index (χ1n) is 4.90. The zero-order valence-corrected chi connectivity index (χ0v) is 10.6. The molecule has 0 aliphatic heterocycles. The normalized spacial score (nSPS) is 12.4. The van der Waals surface area contributed by atoms with Crippen molar-refractivity contribution in [2.24, 2.45) is 5.73 Å². The van der Waals surface area contributed by atoms with E-state index in [1.54, 1.807) is 13.2 Å². The summed E-state index contributed by atoms with van der Waals surface area (Å²) < 4.78 is 5.57. The van der Waals surface area contributed by atoms with Gasteiger partial charge in [0.2, 0.25) is 5.91 Å². The molecule has 4 nitrogen and oxygen atoms in total. The van der Waals surface area contributed by atoms with Crippen LogP contribution in [0.5, 0.6) is 0 Å². The summed E-state index contributed by atoms with van der Waals surface area (Å²) in [5.41, 5.74) is 5.66. The maximum Gasteiger partial charge on any atom is 0.237 e. The zero-order chi connectivity index (χ0) is 12.0. The van der Waals surface area contributed by atoms with Crippen LogP contribution in [0.2, 0.25) is 4.34 Å².